The highest BCUT2D eigenvalue weighted by Gasteiger charge is 2.08. The minimum atomic E-state index is -0.164. The summed E-state index contributed by atoms with van der Waals surface area (Å²) in [6.45, 7) is 2.23. The first-order valence-corrected chi connectivity index (χ1v) is 13.1. The van der Waals surface area contributed by atoms with Crippen molar-refractivity contribution in [1.82, 2.24) is 0 Å². The Morgan fingerprint density at radius 1 is 0.636 bits per heavy atom. The van der Waals surface area contributed by atoms with E-state index in [1.165, 1.54) is 48.1 Å². The lowest BCUT2D eigenvalue weighted by Crippen LogP contribution is -1.90. The van der Waals surface area contributed by atoms with Gasteiger partial charge in [-0.1, -0.05) is 86.5 Å². The van der Waals surface area contributed by atoms with Gasteiger partial charge in [0.05, 0.1) is 0 Å². The molecule has 0 atom stereocenters. The zero-order chi connectivity index (χ0) is 22.9. The van der Waals surface area contributed by atoms with Gasteiger partial charge in [0.1, 0.15) is 5.82 Å². The Morgan fingerprint density at radius 2 is 1.24 bits per heavy atom. The number of halogens is 1. The zero-order valence-electron chi connectivity index (χ0n) is 19.5. The molecular weight excluding hydrogens is 423 g/mol. The molecule has 0 bridgehead atoms. The first-order valence-electron chi connectivity index (χ1n) is 12.2. The molecule has 170 valence electrons. The van der Waals surface area contributed by atoms with Crippen LogP contribution in [0.3, 0.4) is 0 Å². The van der Waals surface area contributed by atoms with Gasteiger partial charge >= 0.3 is 0 Å². The Labute approximate surface area is 202 Å². The Hall–Kier alpha value is -2.71. The van der Waals surface area contributed by atoms with Crippen molar-refractivity contribution in [2.75, 3.05) is 0 Å². The second-order valence-corrected chi connectivity index (χ2v) is 9.86. The summed E-state index contributed by atoms with van der Waals surface area (Å²) in [5.41, 5.74) is 6.28. The van der Waals surface area contributed by atoms with E-state index in [0.29, 0.717) is 5.56 Å². The van der Waals surface area contributed by atoms with Crippen molar-refractivity contribution in [1.29, 1.82) is 0 Å². The Bertz CT molecular complexity index is 1110. The summed E-state index contributed by atoms with van der Waals surface area (Å²) in [5, 5.41) is 2.14. The lowest BCUT2D eigenvalue weighted by molar-refractivity contribution is 0.632. The molecule has 2 heteroatoms. The molecule has 0 nitrogen and oxygen atoms in total. The minimum Gasteiger partial charge on any atom is -0.206 e. The average molecular weight is 457 g/mol. The Kier molecular flexibility index (Phi) is 8.49. The van der Waals surface area contributed by atoms with Crippen LogP contribution in [0.4, 0.5) is 4.39 Å². The third kappa shape index (κ3) is 6.65. The number of aryl methyl sites for hydroxylation is 3. The molecule has 0 spiro atoms. The van der Waals surface area contributed by atoms with Crippen LogP contribution in [0.2, 0.25) is 0 Å². The van der Waals surface area contributed by atoms with Gasteiger partial charge in [0.15, 0.2) is 0 Å². The van der Waals surface area contributed by atoms with Crippen LogP contribution < -0.4 is 0 Å². The van der Waals surface area contributed by atoms with E-state index < -0.39 is 0 Å². The highest BCUT2D eigenvalue weighted by atomic mass is 32.1. The fourth-order valence-corrected chi connectivity index (χ4v) is 5.06. The Morgan fingerprint density at radius 3 is 1.85 bits per heavy atom. The van der Waals surface area contributed by atoms with Gasteiger partial charge in [-0.2, -0.15) is 0 Å². The molecule has 0 N–H and O–H groups in total. The van der Waals surface area contributed by atoms with Gasteiger partial charge in [0.2, 0.25) is 0 Å². The van der Waals surface area contributed by atoms with Crippen molar-refractivity contribution < 1.29 is 4.39 Å². The van der Waals surface area contributed by atoms with E-state index >= 15 is 0 Å². The van der Waals surface area contributed by atoms with Crippen LogP contribution in [0.25, 0.3) is 22.3 Å². The monoisotopic (exact) mass is 456 g/mol. The van der Waals surface area contributed by atoms with Crippen LogP contribution in [-0.2, 0) is 19.3 Å². The summed E-state index contributed by atoms with van der Waals surface area (Å²) in [4.78, 5) is 1.46. The molecule has 1 aromatic heterocycles. The van der Waals surface area contributed by atoms with Crippen molar-refractivity contribution in [2.24, 2.45) is 0 Å². The average Bonchev–Trinajstić information content (AvgIpc) is 3.37. The highest BCUT2D eigenvalue weighted by molar-refractivity contribution is 7.09. The number of benzene rings is 3. The molecule has 4 rings (SSSR count). The van der Waals surface area contributed by atoms with Gasteiger partial charge in [0, 0.05) is 10.4 Å². The molecular formula is C31H33FS. The molecule has 3 aromatic carbocycles. The quantitative estimate of drug-likeness (QED) is 0.197. The summed E-state index contributed by atoms with van der Waals surface area (Å²) >= 11 is 1.84. The smallest absolute Gasteiger partial charge is 0.131 e. The van der Waals surface area contributed by atoms with E-state index in [2.05, 4.69) is 73.0 Å². The number of thiophene rings is 1. The molecule has 0 aliphatic carbocycles. The fourth-order valence-electron chi connectivity index (χ4n) is 4.31. The summed E-state index contributed by atoms with van der Waals surface area (Å²) in [6.07, 6.45) is 9.47. The molecule has 0 saturated heterocycles. The van der Waals surface area contributed by atoms with Crippen molar-refractivity contribution in [3.63, 3.8) is 0 Å². The summed E-state index contributed by atoms with van der Waals surface area (Å²) in [7, 11) is 0. The van der Waals surface area contributed by atoms with Gasteiger partial charge in [-0.25, -0.2) is 4.39 Å². The molecule has 0 aliphatic rings. The summed E-state index contributed by atoms with van der Waals surface area (Å²) in [6, 6.07) is 26.9. The minimum absolute atomic E-state index is 0.164. The van der Waals surface area contributed by atoms with E-state index in [4.69, 9.17) is 0 Å². The third-order valence-corrected chi connectivity index (χ3v) is 7.25. The van der Waals surface area contributed by atoms with Crippen LogP contribution in [0.15, 0.2) is 84.2 Å². The fraction of sp³-hybridized carbons (Fsp3) is 0.290. The molecule has 0 aliphatic heterocycles. The predicted molar refractivity (Wildman–Crippen MR) is 141 cm³/mol. The maximum Gasteiger partial charge on any atom is 0.131 e. The molecule has 0 radical (unpaired) electrons. The number of rotatable bonds is 11. The van der Waals surface area contributed by atoms with E-state index in [1.54, 1.807) is 6.07 Å². The zero-order valence-corrected chi connectivity index (χ0v) is 20.3. The van der Waals surface area contributed by atoms with Crippen LogP contribution >= 0.6 is 11.3 Å². The Balaban J connectivity index is 1.35. The maximum absolute atomic E-state index is 15.0. The molecule has 0 saturated carbocycles. The van der Waals surface area contributed by atoms with Crippen molar-refractivity contribution in [2.45, 2.75) is 58.3 Å². The van der Waals surface area contributed by atoms with Crippen molar-refractivity contribution in [3.8, 4) is 22.3 Å². The first-order chi connectivity index (χ1) is 16.2. The van der Waals surface area contributed by atoms with E-state index in [1.807, 2.05) is 23.5 Å². The van der Waals surface area contributed by atoms with Crippen molar-refractivity contribution >= 4 is 11.3 Å². The van der Waals surface area contributed by atoms with Gasteiger partial charge in [-0.05, 0) is 83.9 Å². The normalized spacial score (nSPS) is 11.1. The van der Waals surface area contributed by atoms with Crippen LogP contribution in [0.5, 0.6) is 0 Å². The maximum atomic E-state index is 15.0. The number of hydrogen-bond acceptors (Lipinski definition) is 1. The largest absolute Gasteiger partial charge is 0.206 e. The van der Waals surface area contributed by atoms with Gasteiger partial charge in [-0.15, -0.1) is 11.3 Å². The van der Waals surface area contributed by atoms with Gasteiger partial charge < -0.3 is 0 Å². The summed E-state index contributed by atoms with van der Waals surface area (Å²) < 4.78 is 15.0. The predicted octanol–water partition coefficient (Wildman–Crippen LogP) is 9.52. The topological polar surface area (TPSA) is 0 Å². The third-order valence-electron chi connectivity index (χ3n) is 6.31. The molecule has 1 heterocycles. The second-order valence-electron chi connectivity index (χ2n) is 8.83. The number of unbranched alkanes of at least 4 members (excludes halogenated alkanes) is 3. The van der Waals surface area contributed by atoms with E-state index in [-0.39, 0.29) is 5.82 Å². The summed E-state index contributed by atoms with van der Waals surface area (Å²) in [5.74, 6) is -0.164. The lowest BCUT2D eigenvalue weighted by atomic mass is 9.97. The van der Waals surface area contributed by atoms with Gasteiger partial charge in [-0.3, -0.25) is 0 Å². The second kappa shape index (κ2) is 12.0. The van der Waals surface area contributed by atoms with Crippen molar-refractivity contribution in [3.05, 3.63) is 106 Å². The lowest BCUT2D eigenvalue weighted by Gasteiger charge is -2.09. The van der Waals surface area contributed by atoms with Crippen LogP contribution in [0, 0.1) is 5.82 Å². The van der Waals surface area contributed by atoms with Gasteiger partial charge in [0.25, 0.3) is 0 Å². The molecule has 4 aromatic rings. The van der Waals surface area contributed by atoms with Crippen LogP contribution in [0.1, 0.15) is 55.0 Å². The molecule has 33 heavy (non-hydrogen) atoms. The standard InChI is InChI=1S/C31H33FS/c1-2-3-4-8-24-12-16-26(17-13-24)28-20-21-30(31(32)23-28)27-18-14-25(15-19-27)9-5-6-10-29-11-7-22-33-29/h7,11-23H,2-6,8-10H2,1H3. The highest BCUT2D eigenvalue weighted by Crippen LogP contribution is 2.29. The molecule has 0 unspecified atom stereocenters. The number of hydrogen-bond donors (Lipinski definition) is 0. The molecule has 0 amide bonds. The van der Waals surface area contributed by atoms with Crippen LogP contribution in [-0.4, -0.2) is 0 Å². The first kappa shape index (κ1) is 23.4. The molecule has 0 fully saturated rings. The SMILES string of the molecule is CCCCCc1ccc(-c2ccc(-c3ccc(CCCCc4cccs4)cc3)c(F)c2)cc1. The van der Waals surface area contributed by atoms with E-state index in [9.17, 15) is 4.39 Å². The van der Waals surface area contributed by atoms with E-state index in [0.717, 1.165) is 36.0 Å².